The van der Waals surface area contributed by atoms with Crippen molar-refractivity contribution in [2.45, 2.75) is 13.0 Å². The minimum Gasteiger partial charge on any atom is -0.399 e. The maximum Gasteiger partial charge on any atom is 0.251 e. The van der Waals surface area contributed by atoms with E-state index in [1.165, 1.54) is 6.07 Å². The van der Waals surface area contributed by atoms with Crippen molar-refractivity contribution < 1.29 is 13.9 Å². The van der Waals surface area contributed by atoms with Crippen molar-refractivity contribution in [1.82, 2.24) is 5.32 Å². The SMILES string of the molecule is COC(C)CNC(=O)c1cc(N)cc(F)c1. The minimum atomic E-state index is -0.523. The number of hydrogen-bond donors (Lipinski definition) is 2. The van der Waals surface area contributed by atoms with Crippen LogP contribution in [0.4, 0.5) is 10.1 Å². The molecule has 88 valence electrons. The summed E-state index contributed by atoms with van der Waals surface area (Å²) in [5, 5.41) is 2.62. The summed E-state index contributed by atoms with van der Waals surface area (Å²) in [6.45, 7) is 2.19. The zero-order valence-corrected chi connectivity index (χ0v) is 9.29. The van der Waals surface area contributed by atoms with E-state index in [4.69, 9.17) is 10.5 Å². The lowest BCUT2D eigenvalue weighted by atomic mass is 10.2. The number of nitrogens with two attached hydrogens (primary N) is 1. The average Bonchev–Trinajstić information content (AvgIpc) is 2.23. The highest BCUT2D eigenvalue weighted by atomic mass is 19.1. The molecule has 0 spiro atoms. The molecule has 0 aliphatic rings. The fraction of sp³-hybridized carbons (Fsp3) is 0.364. The van der Waals surface area contributed by atoms with E-state index in [9.17, 15) is 9.18 Å². The molecule has 1 amide bonds. The summed E-state index contributed by atoms with van der Waals surface area (Å²) in [7, 11) is 1.55. The van der Waals surface area contributed by atoms with Gasteiger partial charge in [0.25, 0.3) is 5.91 Å². The summed E-state index contributed by atoms with van der Waals surface area (Å²) in [5.74, 6) is -0.889. The maximum absolute atomic E-state index is 13.0. The number of ether oxygens (including phenoxy) is 1. The molecule has 1 unspecified atom stereocenters. The quantitative estimate of drug-likeness (QED) is 0.757. The van der Waals surface area contributed by atoms with Crippen LogP contribution in [0.15, 0.2) is 18.2 Å². The molecule has 0 heterocycles. The second-order valence-electron chi connectivity index (χ2n) is 3.53. The van der Waals surface area contributed by atoms with Crippen LogP contribution >= 0.6 is 0 Å². The van der Waals surface area contributed by atoms with Gasteiger partial charge in [0.2, 0.25) is 0 Å². The standard InChI is InChI=1S/C11H15FN2O2/c1-7(16-2)6-14-11(15)8-3-9(12)5-10(13)4-8/h3-5,7H,6,13H2,1-2H3,(H,14,15). The first kappa shape index (κ1) is 12.4. The topological polar surface area (TPSA) is 64.3 Å². The van der Waals surface area contributed by atoms with Crippen molar-refractivity contribution in [3.8, 4) is 0 Å². The average molecular weight is 226 g/mol. The van der Waals surface area contributed by atoms with Gasteiger partial charge in [0.15, 0.2) is 0 Å². The second kappa shape index (κ2) is 5.46. The lowest BCUT2D eigenvalue weighted by molar-refractivity contribution is 0.0870. The van der Waals surface area contributed by atoms with Crippen LogP contribution in [0, 0.1) is 5.82 Å². The van der Waals surface area contributed by atoms with Crippen LogP contribution in [0.3, 0.4) is 0 Å². The number of benzene rings is 1. The van der Waals surface area contributed by atoms with Crippen LogP contribution in [-0.4, -0.2) is 25.7 Å². The largest absolute Gasteiger partial charge is 0.399 e. The molecule has 0 saturated heterocycles. The maximum atomic E-state index is 13.0. The molecule has 0 bridgehead atoms. The number of halogens is 1. The van der Waals surface area contributed by atoms with E-state index in [1.807, 2.05) is 6.92 Å². The molecule has 0 saturated carbocycles. The number of rotatable bonds is 4. The molecule has 1 rings (SSSR count). The third-order valence-corrected chi connectivity index (χ3v) is 2.13. The van der Waals surface area contributed by atoms with E-state index in [-0.39, 0.29) is 23.3 Å². The van der Waals surface area contributed by atoms with Crippen LogP contribution in [0.5, 0.6) is 0 Å². The third-order valence-electron chi connectivity index (χ3n) is 2.13. The number of amides is 1. The van der Waals surface area contributed by atoms with Crippen LogP contribution < -0.4 is 11.1 Å². The van der Waals surface area contributed by atoms with Crippen LogP contribution in [0.25, 0.3) is 0 Å². The van der Waals surface area contributed by atoms with Gasteiger partial charge in [-0.3, -0.25) is 4.79 Å². The van der Waals surface area contributed by atoms with E-state index < -0.39 is 5.82 Å². The van der Waals surface area contributed by atoms with Crippen molar-refractivity contribution in [2.75, 3.05) is 19.4 Å². The third kappa shape index (κ3) is 3.51. The number of hydrogen-bond acceptors (Lipinski definition) is 3. The van der Waals surface area contributed by atoms with Gasteiger partial charge in [0, 0.05) is 24.9 Å². The van der Waals surface area contributed by atoms with Crippen molar-refractivity contribution in [3.05, 3.63) is 29.6 Å². The van der Waals surface area contributed by atoms with Gasteiger partial charge in [-0.25, -0.2) is 4.39 Å². The highest BCUT2D eigenvalue weighted by molar-refractivity contribution is 5.95. The Morgan fingerprint density at radius 2 is 2.25 bits per heavy atom. The highest BCUT2D eigenvalue weighted by Gasteiger charge is 2.09. The van der Waals surface area contributed by atoms with Gasteiger partial charge in [-0.15, -0.1) is 0 Å². The molecule has 1 atom stereocenters. The molecule has 0 fully saturated rings. The normalized spacial score (nSPS) is 12.2. The van der Waals surface area contributed by atoms with E-state index in [1.54, 1.807) is 7.11 Å². The Hall–Kier alpha value is -1.62. The molecule has 16 heavy (non-hydrogen) atoms. The Labute approximate surface area is 93.6 Å². The molecule has 4 nitrogen and oxygen atoms in total. The van der Waals surface area contributed by atoms with Gasteiger partial charge in [-0.2, -0.15) is 0 Å². The molecular weight excluding hydrogens is 211 g/mol. The smallest absolute Gasteiger partial charge is 0.251 e. The molecule has 1 aromatic rings. The summed E-state index contributed by atoms with van der Waals surface area (Å²) in [6.07, 6.45) is -0.0881. The van der Waals surface area contributed by atoms with E-state index in [0.29, 0.717) is 6.54 Å². The van der Waals surface area contributed by atoms with E-state index in [0.717, 1.165) is 12.1 Å². The van der Waals surface area contributed by atoms with Gasteiger partial charge in [0.05, 0.1) is 6.10 Å². The van der Waals surface area contributed by atoms with Crippen LogP contribution in [-0.2, 0) is 4.74 Å². The fourth-order valence-electron chi connectivity index (χ4n) is 1.17. The van der Waals surface area contributed by atoms with Crippen LogP contribution in [0.1, 0.15) is 17.3 Å². The molecule has 0 radical (unpaired) electrons. The number of carbonyl (C=O) groups excluding carboxylic acids is 1. The predicted molar refractivity (Wildman–Crippen MR) is 59.6 cm³/mol. The Bertz CT molecular complexity index is 362. The lowest BCUT2D eigenvalue weighted by Crippen LogP contribution is -2.31. The van der Waals surface area contributed by atoms with Gasteiger partial charge < -0.3 is 15.8 Å². The number of nitrogen functional groups attached to an aromatic ring is 1. The summed E-state index contributed by atoms with van der Waals surface area (Å²) in [4.78, 5) is 11.6. The highest BCUT2D eigenvalue weighted by Crippen LogP contribution is 2.10. The monoisotopic (exact) mass is 226 g/mol. The number of carbonyl (C=O) groups is 1. The summed E-state index contributed by atoms with van der Waals surface area (Å²) >= 11 is 0. The Kier molecular flexibility index (Phi) is 4.25. The fourth-order valence-corrected chi connectivity index (χ4v) is 1.17. The molecule has 3 N–H and O–H groups in total. The van der Waals surface area contributed by atoms with Crippen molar-refractivity contribution >= 4 is 11.6 Å². The lowest BCUT2D eigenvalue weighted by Gasteiger charge is -2.11. The Balaban J connectivity index is 2.66. The van der Waals surface area contributed by atoms with E-state index in [2.05, 4.69) is 5.32 Å². The first-order valence-corrected chi connectivity index (χ1v) is 4.90. The Morgan fingerprint density at radius 3 is 2.81 bits per heavy atom. The molecular formula is C11H15FN2O2. The molecule has 0 aromatic heterocycles. The first-order valence-electron chi connectivity index (χ1n) is 4.90. The number of anilines is 1. The summed E-state index contributed by atoms with van der Waals surface area (Å²) in [5.41, 5.74) is 5.87. The van der Waals surface area contributed by atoms with Crippen molar-refractivity contribution in [1.29, 1.82) is 0 Å². The van der Waals surface area contributed by atoms with Crippen molar-refractivity contribution in [2.24, 2.45) is 0 Å². The summed E-state index contributed by atoms with van der Waals surface area (Å²) in [6, 6.07) is 3.73. The Morgan fingerprint density at radius 1 is 1.56 bits per heavy atom. The van der Waals surface area contributed by atoms with Gasteiger partial charge >= 0.3 is 0 Å². The second-order valence-corrected chi connectivity index (χ2v) is 3.53. The van der Waals surface area contributed by atoms with Crippen molar-refractivity contribution in [3.63, 3.8) is 0 Å². The molecule has 1 aromatic carbocycles. The predicted octanol–water partition coefficient (Wildman–Crippen LogP) is 1.17. The number of nitrogens with one attached hydrogen (secondary N) is 1. The van der Waals surface area contributed by atoms with Gasteiger partial charge in [0.1, 0.15) is 5.82 Å². The van der Waals surface area contributed by atoms with Crippen LogP contribution in [0.2, 0.25) is 0 Å². The number of methoxy groups -OCH3 is 1. The zero-order chi connectivity index (χ0) is 12.1. The first-order chi connectivity index (χ1) is 7.52. The molecule has 5 heteroatoms. The summed E-state index contributed by atoms with van der Waals surface area (Å²) < 4.78 is 17.9. The molecule has 0 aliphatic heterocycles. The minimum absolute atomic E-state index is 0.0881. The van der Waals surface area contributed by atoms with Gasteiger partial charge in [-0.05, 0) is 25.1 Å². The van der Waals surface area contributed by atoms with E-state index >= 15 is 0 Å². The zero-order valence-electron chi connectivity index (χ0n) is 9.29. The molecule has 0 aliphatic carbocycles. The van der Waals surface area contributed by atoms with Gasteiger partial charge in [-0.1, -0.05) is 0 Å².